The summed E-state index contributed by atoms with van der Waals surface area (Å²) in [6, 6.07) is 3.91. The van der Waals surface area contributed by atoms with Gasteiger partial charge in [-0.2, -0.15) is 5.10 Å². The van der Waals surface area contributed by atoms with E-state index in [0.717, 1.165) is 28.6 Å². The van der Waals surface area contributed by atoms with Crippen LogP contribution in [0.4, 0.5) is 0 Å². The van der Waals surface area contributed by atoms with Gasteiger partial charge in [-0.15, -0.1) is 0 Å². The standard InChI is InChI=1S/C11H15N5/c1-7-4-11(16(3)15-7)10-5-9(6-12)13-8(2)14-10/h4-5H,6,12H2,1-3H3. The molecule has 0 aliphatic carbocycles. The molecule has 0 saturated heterocycles. The van der Waals surface area contributed by atoms with Gasteiger partial charge in [0.1, 0.15) is 5.82 Å². The van der Waals surface area contributed by atoms with E-state index in [1.807, 2.05) is 37.7 Å². The molecule has 2 N–H and O–H groups in total. The predicted octanol–water partition coefficient (Wildman–Crippen LogP) is 0.953. The van der Waals surface area contributed by atoms with E-state index in [1.54, 1.807) is 0 Å². The van der Waals surface area contributed by atoms with Crippen LogP contribution in [-0.4, -0.2) is 19.7 Å². The van der Waals surface area contributed by atoms with Gasteiger partial charge in [0.05, 0.1) is 22.8 Å². The first-order valence-electron chi connectivity index (χ1n) is 5.16. The summed E-state index contributed by atoms with van der Waals surface area (Å²) in [5.74, 6) is 0.733. The second kappa shape index (κ2) is 4.02. The van der Waals surface area contributed by atoms with Crippen molar-refractivity contribution in [2.45, 2.75) is 20.4 Å². The lowest BCUT2D eigenvalue weighted by Gasteiger charge is -2.04. The summed E-state index contributed by atoms with van der Waals surface area (Å²) in [4.78, 5) is 8.65. The van der Waals surface area contributed by atoms with Crippen LogP contribution >= 0.6 is 0 Å². The normalized spacial score (nSPS) is 10.8. The second-order valence-electron chi connectivity index (χ2n) is 3.79. The number of nitrogens with zero attached hydrogens (tertiary/aromatic N) is 4. The molecule has 2 aromatic heterocycles. The van der Waals surface area contributed by atoms with Crippen molar-refractivity contribution in [2.24, 2.45) is 12.8 Å². The number of hydrogen-bond acceptors (Lipinski definition) is 4. The maximum atomic E-state index is 5.60. The van der Waals surface area contributed by atoms with Gasteiger partial charge in [0.15, 0.2) is 0 Å². The van der Waals surface area contributed by atoms with Crippen LogP contribution in [-0.2, 0) is 13.6 Å². The van der Waals surface area contributed by atoms with Crippen LogP contribution in [0.3, 0.4) is 0 Å². The molecule has 5 heteroatoms. The van der Waals surface area contributed by atoms with Crippen molar-refractivity contribution in [3.8, 4) is 11.4 Å². The zero-order valence-electron chi connectivity index (χ0n) is 9.73. The monoisotopic (exact) mass is 217 g/mol. The number of aryl methyl sites for hydroxylation is 3. The molecule has 0 atom stereocenters. The number of nitrogens with two attached hydrogens (primary N) is 1. The molecule has 0 fully saturated rings. The zero-order valence-corrected chi connectivity index (χ0v) is 9.73. The average molecular weight is 217 g/mol. The summed E-state index contributed by atoms with van der Waals surface area (Å²) < 4.78 is 1.82. The number of rotatable bonds is 2. The lowest BCUT2D eigenvalue weighted by Crippen LogP contribution is -2.04. The molecule has 2 heterocycles. The topological polar surface area (TPSA) is 69.6 Å². The minimum atomic E-state index is 0.424. The van der Waals surface area contributed by atoms with Crippen LogP contribution in [0.1, 0.15) is 17.2 Å². The Morgan fingerprint density at radius 3 is 2.56 bits per heavy atom. The van der Waals surface area contributed by atoms with Crippen molar-refractivity contribution in [3.05, 3.63) is 29.3 Å². The molecule has 0 amide bonds. The lowest BCUT2D eigenvalue weighted by molar-refractivity contribution is 0.760. The lowest BCUT2D eigenvalue weighted by atomic mass is 10.2. The first kappa shape index (κ1) is 10.8. The first-order chi connectivity index (χ1) is 7.60. The Balaban J connectivity index is 2.55. The molecule has 0 aliphatic heterocycles. The van der Waals surface area contributed by atoms with Gasteiger partial charge in [-0.1, -0.05) is 0 Å². The van der Waals surface area contributed by atoms with Crippen molar-refractivity contribution in [2.75, 3.05) is 0 Å². The highest BCUT2D eigenvalue weighted by molar-refractivity contribution is 5.55. The maximum Gasteiger partial charge on any atom is 0.126 e. The quantitative estimate of drug-likeness (QED) is 0.813. The van der Waals surface area contributed by atoms with E-state index >= 15 is 0 Å². The van der Waals surface area contributed by atoms with E-state index in [9.17, 15) is 0 Å². The van der Waals surface area contributed by atoms with Gasteiger partial charge in [-0.25, -0.2) is 9.97 Å². The van der Waals surface area contributed by atoms with Gasteiger partial charge >= 0.3 is 0 Å². The van der Waals surface area contributed by atoms with E-state index < -0.39 is 0 Å². The fraction of sp³-hybridized carbons (Fsp3) is 0.364. The largest absolute Gasteiger partial charge is 0.325 e. The van der Waals surface area contributed by atoms with Crippen LogP contribution in [0.5, 0.6) is 0 Å². The third-order valence-electron chi connectivity index (χ3n) is 2.36. The molecule has 2 rings (SSSR count). The Morgan fingerprint density at radius 2 is 2.00 bits per heavy atom. The minimum absolute atomic E-state index is 0.424. The smallest absolute Gasteiger partial charge is 0.126 e. The van der Waals surface area contributed by atoms with Gasteiger partial charge in [0.2, 0.25) is 0 Å². The van der Waals surface area contributed by atoms with E-state index in [0.29, 0.717) is 6.54 Å². The van der Waals surface area contributed by atoms with Crippen molar-refractivity contribution in [3.63, 3.8) is 0 Å². The van der Waals surface area contributed by atoms with Gasteiger partial charge < -0.3 is 5.73 Å². The number of hydrogen-bond donors (Lipinski definition) is 1. The highest BCUT2D eigenvalue weighted by Gasteiger charge is 2.08. The van der Waals surface area contributed by atoms with Crippen molar-refractivity contribution >= 4 is 0 Å². The van der Waals surface area contributed by atoms with Crippen LogP contribution in [0.15, 0.2) is 12.1 Å². The Bertz CT molecular complexity index is 515. The maximum absolute atomic E-state index is 5.60. The molecule has 16 heavy (non-hydrogen) atoms. The van der Waals surface area contributed by atoms with Gasteiger partial charge in [-0.05, 0) is 26.0 Å². The molecular formula is C11H15N5. The van der Waals surface area contributed by atoms with Gasteiger partial charge in [0.25, 0.3) is 0 Å². The Labute approximate surface area is 94.3 Å². The van der Waals surface area contributed by atoms with E-state index in [1.165, 1.54) is 0 Å². The summed E-state index contributed by atoms with van der Waals surface area (Å²) in [7, 11) is 1.90. The summed E-state index contributed by atoms with van der Waals surface area (Å²) >= 11 is 0. The molecule has 5 nitrogen and oxygen atoms in total. The first-order valence-corrected chi connectivity index (χ1v) is 5.16. The molecule has 2 aromatic rings. The molecule has 0 unspecified atom stereocenters. The highest BCUT2D eigenvalue weighted by Crippen LogP contribution is 2.18. The van der Waals surface area contributed by atoms with E-state index in [2.05, 4.69) is 15.1 Å². The Kier molecular flexibility index (Phi) is 2.70. The second-order valence-corrected chi connectivity index (χ2v) is 3.79. The summed E-state index contributed by atoms with van der Waals surface area (Å²) in [6.45, 7) is 4.25. The summed E-state index contributed by atoms with van der Waals surface area (Å²) in [5.41, 5.74) is 9.28. The molecule has 0 radical (unpaired) electrons. The molecule has 0 bridgehead atoms. The van der Waals surface area contributed by atoms with Crippen LogP contribution in [0, 0.1) is 13.8 Å². The van der Waals surface area contributed by atoms with Crippen molar-refractivity contribution in [1.29, 1.82) is 0 Å². The third kappa shape index (κ3) is 1.94. The molecule has 0 saturated carbocycles. The third-order valence-corrected chi connectivity index (χ3v) is 2.36. The molecule has 84 valence electrons. The van der Waals surface area contributed by atoms with Gasteiger partial charge in [-0.3, -0.25) is 4.68 Å². The molecule has 0 aromatic carbocycles. The average Bonchev–Trinajstić information content (AvgIpc) is 2.57. The summed E-state index contributed by atoms with van der Waals surface area (Å²) in [5, 5.41) is 4.30. The van der Waals surface area contributed by atoms with E-state index in [4.69, 9.17) is 5.73 Å². The predicted molar refractivity (Wildman–Crippen MR) is 61.6 cm³/mol. The Morgan fingerprint density at radius 1 is 1.25 bits per heavy atom. The fourth-order valence-corrected chi connectivity index (χ4v) is 1.72. The van der Waals surface area contributed by atoms with Crippen LogP contribution in [0.25, 0.3) is 11.4 Å². The molecule has 0 spiro atoms. The summed E-state index contributed by atoms with van der Waals surface area (Å²) in [6.07, 6.45) is 0. The molecule has 0 aliphatic rings. The number of aromatic nitrogens is 4. The highest BCUT2D eigenvalue weighted by atomic mass is 15.3. The fourth-order valence-electron chi connectivity index (χ4n) is 1.72. The molecular weight excluding hydrogens is 202 g/mol. The van der Waals surface area contributed by atoms with Crippen molar-refractivity contribution in [1.82, 2.24) is 19.7 Å². The van der Waals surface area contributed by atoms with Crippen LogP contribution in [0.2, 0.25) is 0 Å². The van der Waals surface area contributed by atoms with Crippen LogP contribution < -0.4 is 5.73 Å². The minimum Gasteiger partial charge on any atom is -0.325 e. The van der Waals surface area contributed by atoms with Gasteiger partial charge in [0, 0.05) is 13.6 Å². The Hall–Kier alpha value is -1.75. The van der Waals surface area contributed by atoms with E-state index in [-0.39, 0.29) is 0 Å². The van der Waals surface area contributed by atoms with Crippen molar-refractivity contribution < 1.29 is 0 Å². The zero-order chi connectivity index (χ0) is 11.7. The SMILES string of the molecule is Cc1cc(-c2cc(CN)nc(C)n2)n(C)n1.